The average Bonchev–Trinajstić information content (AvgIpc) is 3.21. The zero-order valence-electron chi connectivity index (χ0n) is 13.4. The molecule has 5 heteroatoms. The third-order valence-corrected chi connectivity index (χ3v) is 5.18. The molecule has 128 valence electrons. The van der Waals surface area contributed by atoms with Gasteiger partial charge in [0.15, 0.2) is 0 Å². The largest absolute Gasteiger partial charge is 0.491 e. The van der Waals surface area contributed by atoms with Crippen molar-refractivity contribution < 1.29 is 15.2 Å². The quantitative estimate of drug-likeness (QED) is 0.705. The minimum atomic E-state index is -0.543. The summed E-state index contributed by atoms with van der Waals surface area (Å²) < 4.78 is 5.11. The number of hydrogen-bond acceptors (Lipinski definition) is 2. The second kappa shape index (κ2) is 7.75. The molecule has 0 bridgehead atoms. The van der Waals surface area contributed by atoms with Crippen LogP contribution >= 0.6 is 23.2 Å². The summed E-state index contributed by atoms with van der Waals surface area (Å²) in [5, 5.41) is 12.0. The summed E-state index contributed by atoms with van der Waals surface area (Å²) in [5.74, 6) is 1.09. The van der Waals surface area contributed by atoms with E-state index < -0.39 is 10.4 Å². The molecule has 0 saturated heterocycles. The molecule has 3 N–H and O–H groups in total. The van der Waals surface area contributed by atoms with Crippen molar-refractivity contribution in [1.82, 2.24) is 0 Å². The second-order valence-electron chi connectivity index (χ2n) is 6.28. The van der Waals surface area contributed by atoms with Crippen molar-refractivity contribution in [3.63, 3.8) is 0 Å². The molecule has 1 saturated carbocycles. The molecular formula is C19H22Cl2NO2+. The Morgan fingerprint density at radius 2 is 1.71 bits per heavy atom. The maximum Gasteiger partial charge on any atom is 0.137 e. The van der Waals surface area contributed by atoms with Crippen LogP contribution in [0.1, 0.15) is 6.42 Å². The minimum Gasteiger partial charge on any atom is -0.491 e. The van der Waals surface area contributed by atoms with E-state index in [9.17, 15) is 5.11 Å². The summed E-state index contributed by atoms with van der Waals surface area (Å²) >= 11 is 12.0. The van der Waals surface area contributed by atoms with Crippen molar-refractivity contribution in [2.24, 2.45) is 5.92 Å². The van der Waals surface area contributed by atoms with Crippen LogP contribution in [0.15, 0.2) is 54.6 Å². The smallest absolute Gasteiger partial charge is 0.137 e. The lowest BCUT2D eigenvalue weighted by molar-refractivity contribution is -0.663. The fraction of sp³-hybridized carbons (Fsp3) is 0.368. The standard InChI is InChI=1S/C19H21Cl2NO2/c20-19(21)10-16(19)11-22-12-17(23)13-24-18-8-6-15(7-9-18)14-4-2-1-3-5-14/h1-9,16-17,22-23H,10-13H2/p+1/t16-,17-/m1/s1. The van der Waals surface area contributed by atoms with Gasteiger partial charge in [-0.25, -0.2) is 0 Å². The Balaban J connectivity index is 1.40. The molecule has 1 aliphatic rings. The van der Waals surface area contributed by atoms with Crippen molar-refractivity contribution in [2.75, 3.05) is 19.7 Å². The summed E-state index contributed by atoms with van der Waals surface area (Å²) in [5.41, 5.74) is 2.32. The molecule has 0 unspecified atom stereocenters. The van der Waals surface area contributed by atoms with Crippen LogP contribution in [0.3, 0.4) is 0 Å². The first-order chi connectivity index (χ1) is 11.5. The van der Waals surface area contributed by atoms with Crippen LogP contribution in [-0.2, 0) is 0 Å². The predicted octanol–water partition coefficient (Wildman–Crippen LogP) is 2.85. The molecule has 1 fully saturated rings. The molecule has 3 rings (SSSR count). The van der Waals surface area contributed by atoms with E-state index in [0.717, 1.165) is 24.3 Å². The van der Waals surface area contributed by atoms with E-state index in [4.69, 9.17) is 27.9 Å². The van der Waals surface area contributed by atoms with E-state index in [-0.39, 0.29) is 6.61 Å². The van der Waals surface area contributed by atoms with Crippen molar-refractivity contribution in [1.29, 1.82) is 0 Å². The normalized spacial score (nSPS) is 19.7. The Labute approximate surface area is 152 Å². The van der Waals surface area contributed by atoms with Crippen LogP contribution in [0.4, 0.5) is 0 Å². The van der Waals surface area contributed by atoms with Crippen molar-refractivity contribution in [3.8, 4) is 16.9 Å². The van der Waals surface area contributed by atoms with Crippen LogP contribution in [0.2, 0.25) is 0 Å². The summed E-state index contributed by atoms with van der Waals surface area (Å²) in [7, 11) is 0. The Kier molecular flexibility index (Phi) is 5.67. The number of ether oxygens (including phenoxy) is 1. The van der Waals surface area contributed by atoms with Gasteiger partial charge < -0.3 is 15.2 Å². The number of hydrogen-bond donors (Lipinski definition) is 2. The van der Waals surface area contributed by atoms with Crippen LogP contribution in [-0.4, -0.2) is 35.2 Å². The zero-order chi connectivity index (χ0) is 17.0. The van der Waals surface area contributed by atoms with Gasteiger partial charge in [0.2, 0.25) is 0 Å². The number of rotatable bonds is 8. The van der Waals surface area contributed by atoms with Gasteiger partial charge in [0.25, 0.3) is 0 Å². The topological polar surface area (TPSA) is 46.1 Å². The number of alkyl halides is 2. The third kappa shape index (κ3) is 4.87. The molecule has 0 radical (unpaired) electrons. The molecule has 0 aromatic heterocycles. The predicted molar refractivity (Wildman–Crippen MR) is 97.6 cm³/mol. The first-order valence-corrected chi connectivity index (χ1v) is 8.96. The fourth-order valence-electron chi connectivity index (χ4n) is 2.65. The zero-order valence-corrected chi connectivity index (χ0v) is 14.9. The van der Waals surface area contributed by atoms with E-state index in [2.05, 4.69) is 12.1 Å². The molecule has 2 atom stereocenters. The highest BCUT2D eigenvalue weighted by atomic mass is 35.5. The number of benzene rings is 2. The van der Waals surface area contributed by atoms with Gasteiger partial charge in [-0.1, -0.05) is 42.5 Å². The van der Waals surface area contributed by atoms with Gasteiger partial charge in [-0.05, 0) is 29.7 Å². The lowest BCUT2D eigenvalue weighted by atomic mass is 10.1. The van der Waals surface area contributed by atoms with E-state index in [1.54, 1.807) is 0 Å². The molecule has 0 spiro atoms. The van der Waals surface area contributed by atoms with Crippen LogP contribution in [0.25, 0.3) is 11.1 Å². The lowest BCUT2D eigenvalue weighted by Gasteiger charge is -2.12. The summed E-state index contributed by atoms with van der Waals surface area (Å²) in [4.78, 5) is 0. The molecule has 1 aliphatic carbocycles. The summed E-state index contributed by atoms with van der Waals surface area (Å²) in [6, 6.07) is 18.1. The Morgan fingerprint density at radius 1 is 1.08 bits per heavy atom. The number of aliphatic hydroxyl groups is 1. The van der Waals surface area contributed by atoms with E-state index in [1.807, 2.05) is 47.8 Å². The van der Waals surface area contributed by atoms with Crippen LogP contribution in [0.5, 0.6) is 5.75 Å². The Hall–Kier alpha value is -1.26. The second-order valence-corrected chi connectivity index (χ2v) is 7.82. The van der Waals surface area contributed by atoms with E-state index >= 15 is 0 Å². The van der Waals surface area contributed by atoms with Crippen LogP contribution < -0.4 is 10.1 Å². The molecule has 0 amide bonds. The van der Waals surface area contributed by atoms with Crippen molar-refractivity contribution >= 4 is 23.2 Å². The first-order valence-electron chi connectivity index (χ1n) is 8.20. The van der Waals surface area contributed by atoms with Gasteiger partial charge in [-0.15, -0.1) is 23.2 Å². The van der Waals surface area contributed by atoms with Gasteiger partial charge in [-0.3, -0.25) is 0 Å². The maximum atomic E-state index is 9.98. The third-order valence-electron chi connectivity index (χ3n) is 4.25. The SMILES string of the molecule is O[C@H](C[NH2+]C[C@H]1CC1(Cl)Cl)COc1ccc(-c2ccccc2)cc1. The first kappa shape index (κ1) is 17.6. The number of halogens is 2. The van der Waals surface area contributed by atoms with Gasteiger partial charge >= 0.3 is 0 Å². The maximum absolute atomic E-state index is 9.98. The molecule has 3 nitrogen and oxygen atoms in total. The van der Waals surface area contributed by atoms with Crippen molar-refractivity contribution in [2.45, 2.75) is 16.9 Å². The van der Waals surface area contributed by atoms with Gasteiger partial charge in [0, 0.05) is 5.92 Å². The highest BCUT2D eigenvalue weighted by molar-refractivity contribution is 6.50. The monoisotopic (exact) mass is 366 g/mol. The number of aliphatic hydroxyl groups excluding tert-OH is 1. The highest BCUT2D eigenvalue weighted by Gasteiger charge is 2.52. The molecule has 0 aliphatic heterocycles. The molecule has 2 aromatic rings. The van der Waals surface area contributed by atoms with Gasteiger partial charge in [-0.2, -0.15) is 0 Å². The van der Waals surface area contributed by atoms with Crippen molar-refractivity contribution in [3.05, 3.63) is 54.6 Å². The number of quaternary nitrogens is 1. The summed E-state index contributed by atoms with van der Waals surface area (Å²) in [6.07, 6.45) is 0.324. The average molecular weight is 367 g/mol. The molecule has 0 heterocycles. The van der Waals surface area contributed by atoms with Gasteiger partial charge in [0.1, 0.15) is 29.3 Å². The molecule has 2 aromatic carbocycles. The summed E-state index contributed by atoms with van der Waals surface area (Å²) in [6.45, 7) is 1.71. The Bertz CT molecular complexity index is 646. The minimum absolute atomic E-state index is 0.277. The van der Waals surface area contributed by atoms with Crippen LogP contribution in [0, 0.1) is 5.92 Å². The molecular weight excluding hydrogens is 345 g/mol. The fourth-order valence-corrected chi connectivity index (χ4v) is 3.20. The molecule has 24 heavy (non-hydrogen) atoms. The van der Waals surface area contributed by atoms with Gasteiger partial charge in [0.05, 0.1) is 6.54 Å². The van der Waals surface area contributed by atoms with E-state index in [0.29, 0.717) is 12.5 Å². The van der Waals surface area contributed by atoms with E-state index in [1.165, 1.54) is 5.56 Å². The Morgan fingerprint density at radius 3 is 2.33 bits per heavy atom. The number of nitrogens with two attached hydrogens (primary N) is 1. The lowest BCUT2D eigenvalue weighted by Crippen LogP contribution is -2.87. The highest BCUT2D eigenvalue weighted by Crippen LogP contribution is 2.52.